The molecule has 1 aliphatic heterocycles. The number of aliphatic imine (C=N–C) groups is 1. The second kappa shape index (κ2) is 7.66. The van der Waals surface area contributed by atoms with E-state index in [1.54, 1.807) is 42.5 Å². The Morgan fingerprint density at radius 3 is 2.36 bits per heavy atom. The molecule has 1 aliphatic rings. The van der Waals surface area contributed by atoms with Crippen LogP contribution >= 0.6 is 11.6 Å². The molecule has 0 aromatic heterocycles. The van der Waals surface area contributed by atoms with Gasteiger partial charge in [-0.25, -0.2) is 4.79 Å². The second-order valence-corrected chi connectivity index (χ2v) is 6.60. The molecule has 5 nitrogen and oxygen atoms in total. The third-order valence-corrected chi connectivity index (χ3v) is 4.47. The lowest BCUT2D eigenvalue weighted by Gasteiger charge is -2.11. The van der Waals surface area contributed by atoms with Crippen LogP contribution in [0.3, 0.4) is 0 Å². The number of ether oxygens (including phenoxy) is 1. The van der Waals surface area contributed by atoms with Gasteiger partial charge in [0.1, 0.15) is 5.75 Å². The lowest BCUT2D eigenvalue weighted by molar-refractivity contribution is -0.139. The molecule has 1 unspecified atom stereocenters. The van der Waals surface area contributed by atoms with Crippen molar-refractivity contribution in [3.05, 3.63) is 95.0 Å². The first-order valence-electron chi connectivity index (χ1n) is 8.62. The zero-order valence-corrected chi connectivity index (χ0v) is 15.4. The van der Waals surface area contributed by atoms with Crippen LogP contribution in [0, 0.1) is 0 Å². The number of rotatable bonds is 3. The number of benzene rings is 3. The molecule has 0 spiro atoms. The van der Waals surface area contributed by atoms with Crippen LogP contribution in [0.25, 0.3) is 0 Å². The number of carbonyl (C=O) groups is 2. The highest BCUT2D eigenvalue weighted by Crippen LogP contribution is 2.27. The molecule has 0 bridgehead atoms. The summed E-state index contributed by atoms with van der Waals surface area (Å²) in [7, 11) is 0. The van der Waals surface area contributed by atoms with Crippen LogP contribution in [0.2, 0.25) is 5.02 Å². The highest BCUT2D eigenvalue weighted by molar-refractivity contribution is 6.32. The third kappa shape index (κ3) is 3.66. The van der Waals surface area contributed by atoms with E-state index < -0.39 is 17.9 Å². The van der Waals surface area contributed by atoms with E-state index in [0.717, 1.165) is 5.56 Å². The molecule has 0 saturated heterocycles. The topological polar surface area (TPSA) is 67.8 Å². The van der Waals surface area contributed by atoms with Crippen LogP contribution in [0.4, 0.5) is 5.69 Å². The average Bonchev–Trinajstić information content (AvgIpc) is 2.85. The van der Waals surface area contributed by atoms with E-state index in [1.165, 1.54) is 0 Å². The van der Waals surface area contributed by atoms with Gasteiger partial charge in [-0.2, -0.15) is 0 Å². The van der Waals surface area contributed by atoms with Crippen molar-refractivity contribution in [2.75, 3.05) is 5.32 Å². The first-order chi connectivity index (χ1) is 13.6. The summed E-state index contributed by atoms with van der Waals surface area (Å²) in [6.07, 6.45) is 0. The molecule has 0 saturated carbocycles. The summed E-state index contributed by atoms with van der Waals surface area (Å²) in [5.41, 5.74) is 2.43. The van der Waals surface area contributed by atoms with E-state index in [4.69, 9.17) is 16.3 Å². The molecular formula is C22H15ClN2O3. The van der Waals surface area contributed by atoms with Crippen molar-refractivity contribution in [3.63, 3.8) is 0 Å². The van der Waals surface area contributed by atoms with Crippen molar-refractivity contribution in [1.29, 1.82) is 0 Å². The highest BCUT2D eigenvalue weighted by atomic mass is 35.5. The summed E-state index contributed by atoms with van der Waals surface area (Å²) in [4.78, 5) is 29.9. The summed E-state index contributed by atoms with van der Waals surface area (Å²) in [6.45, 7) is 0. The van der Waals surface area contributed by atoms with Crippen LogP contribution < -0.4 is 10.1 Å². The van der Waals surface area contributed by atoms with Crippen molar-refractivity contribution in [2.24, 2.45) is 4.99 Å². The molecule has 1 heterocycles. The van der Waals surface area contributed by atoms with Gasteiger partial charge in [0.2, 0.25) is 6.04 Å². The summed E-state index contributed by atoms with van der Waals surface area (Å²) in [5.74, 6) is -0.965. The van der Waals surface area contributed by atoms with Crippen LogP contribution in [-0.4, -0.2) is 23.6 Å². The number of carbonyl (C=O) groups excluding carboxylic acids is 2. The molecular weight excluding hydrogens is 376 g/mol. The van der Waals surface area contributed by atoms with Crippen molar-refractivity contribution < 1.29 is 14.3 Å². The van der Waals surface area contributed by atoms with Gasteiger partial charge in [0, 0.05) is 16.1 Å². The number of fused-ring (bicyclic) bond motifs is 1. The van der Waals surface area contributed by atoms with E-state index in [0.29, 0.717) is 27.7 Å². The Hall–Kier alpha value is -3.44. The maximum absolute atomic E-state index is 12.7. The fourth-order valence-electron chi connectivity index (χ4n) is 2.93. The summed E-state index contributed by atoms with van der Waals surface area (Å²) >= 11 is 6.17. The fraction of sp³-hybridized carbons (Fsp3) is 0.0455. The molecule has 0 fully saturated rings. The molecule has 0 aliphatic carbocycles. The second-order valence-electron chi connectivity index (χ2n) is 6.16. The number of benzodiazepines with no additional fused rings is 1. The number of esters is 1. The monoisotopic (exact) mass is 390 g/mol. The molecule has 138 valence electrons. The number of para-hydroxylation sites is 1. The van der Waals surface area contributed by atoms with Gasteiger partial charge < -0.3 is 10.1 Å². The Bertz CT molecular complexity index is 1070. The van der Waals surface area contributed by atoms with Gasteiger partial charge in [0.05, 0.1) is 11.4 Å². The molecule has 1 N–H and O–H groups in total. The Kier molecular flexibility index (Phi) is 4.91. The first kappa shape index (κ1) is 17.9. The maximum Gasteiger partial charge on any atom is 0.346 e. The van der Waals surface area contributed by atoms with E-state index >= 15 is 0 Å². The van der Waals surface area contributed by atoms with Gasteiger partial charge >= 0.3 is 5.97 Å². The number of amides is 1. The number of hydrogen-bond acceptors (Lipinski definition) is 4. The summed E-state index contributed by atoms with van der Waals surface area (Å²) in [6, 6.07) is 21.6. The standard InChI is InChI=1S/C22H15ClN2O3/c23-15-11-12-18-17(13-15)19(14-7-3-1-4-8-14)25-20(21(26)24-18)22(27)28-16-9-5-2-6-10-16/h1-13,20H,(H,24,26). The van der Waals surface area contributed by atoms with Gasteiger partial charge in [-0.15, -0.1) is 0 Å². The van der Waals surface area contributed by atoms with E-state index in [9.17, 15) is 9.59 Å². The predicted molar refractivity (Wildman–Crippen MR) is 108 cm³/mol. The molecule has 0 radical (unpaired) electrons. The van der Waals surface area contributed by atoms with E-state index in [-0.39, 0.29) is 0 Å². The lowest BCUT2D eigenvalue weighted by Crippen LogP contribution is -2.36. The van der Waals surface area contributed by atoms with Crippen LogP contribution in [0.1, 0.15) is 11.1 Å². The highest BCUT2D eigenvalue weighted by Gasteiger charge is 2.33. The Morgan fingerprint density at radius 1 is 0.964 bits per heavy atom. The van der Waals surface area contributed by atoms with Gasteiger partial charge in [0.25, 0.3) is 5.91 Å². The Morgan fingerprint density at radius 2 is 1.64 bits per heavy atom. The van der Waals surface area contributed by atoms with Crippen LogP contribution in [0.5, 0.6) is 5.75 Å². The molecule has 3 aromatic carbocycles. The van der Waals surface area contributed by atoms with E-state index in [2.05, 4.69) is 10.3 Å². The lowest BCUT2D eigenvalue weighted by atomic mass is 10.0. The predicted octanol–water partition coefficient (Wildman–Crippen LogP) is 4.10. The first-order valence-corrected chi connectivity index (χ1v) is 9.00. The number of anilines is 1. The molecule has 4 rings (SSSR count). The Balaban J connectivity index is 1.79. The summed E-state index contributed by atoms with van der Waals surface area (Å²) < 4.78 is 5.35. The zero-order valence-electron chi connectivity index (χ0n) is 14.6. The van der Waals surface area contributed by atoms with Crippen LogP contribution in [-0.2, 0) is 9.59 Å². The third-order valence-electron chi connectivity index (χ3n) is 4.23. The van der Waals surface area contributed by atoms with Crippen molar-refractivity contribution in [1.82, 2.24) is 0 Å². The minimum absolute atomic E-state index is 0.349. The number of hydrogen-bond donors (Lipinski definition) is 1. The zero-order chi connectivity index (χ0) is 19.5. The molecule has 6 heteroatoms. The Labute approximate surface area is 166 Å². The normalized spacial score (nSPS) is 15.7. The number of nitrogens with one attached hydrogen (secondary N) is 1. The average molecular weight is 391 g/mol. The fourth-order valence-corrected chi connectivity index (χ4v) is 3.10. The van der Waals surface area contributed by atoms with Gasteiger partial charge in [-0.1, -0.05) is 60.1 Å². The molecule has 28 heavy (non-hydrogen) atoms. The summed E-state index contributed by atoms with van der Waals surface area (Å²) in [5, 5.41) is 3.25. The maximum atomic E-state index is 12.7. The SMILES string of the molecule is O=C1Nc2ccc(Cl)cc2C(c2ccccc2)=NC1C(=O)Oc1ccccc1. The smallest absolute Gasteiger partial charge is 0.346 e. The van der Waals surface area contributed by atoms with Gasteiger partial charge in [0.15, 0.2) is 0 Å². The molecule has 1 amide bonds. The van der Waals surface area contributed by atoms with Crippen molar-refractivity contribution in [3.8, 4) is 5.75 Å². The minimum atomic E-state index is -1.35. The van der Waals surface area contributed by atoms with Crippen LogP contribution in [0.15, 0.2) is 83.9 Å². The van der Waals surface area contributed by atoms with Crippen molar-refractivity contribution >= 4 is 34.9 Å². The number of halogens is 1. The van der Waals surface area contributed by atoms with Crippen molar-refractivity contribution in [2.45, 2.75) is 6.04 Å². The van der Waals surface area contributed by atoms with E-state index in [1.807, 2.05) is 36.4 Å². The largest absolute Gasteiger partial charge is 0.425 e. The molecule has 3 aromatic rings. The van der Waals surface area contributed by atoms with Gasteiger partial charge in [-0.05, 0) is 30.3 Å². The quantitative estimate of drug-likeness (QED) is 0.416. The number of nitrogens with zero attached hydrogens (tertiary/aromatic N) is 1. The minimum Gasteiger partial charge on any atom is -0.425 e. The molecule has 1 atom stereocenters. The van der Waals surface area contributed by atoms with Gasteiger partial charge in [-0.3, -0.25) is 9.79 Å².